The molecule has 0 bridgehead atoms. The van der Waals surface area contributed by atoms with Crippen molar-refractivity contribution in [1.82, 2.24) is 0 Å². The zero-order valence-corrected chi connectivity index (χ0v) is 5.27. The van der Waals surface area contributed by atoms with Crippen LogP contribution in [0.2, 0.25) is 0 Å². The minimum Gasteiger partial charge on any atom is -0.338 e. The number of hydrogen-bond acceptors (Lipinski definition) is 3. The number of rotatable bonds is 2. The van der Waals surface area contributed by atoms with Gasteiger partial charge in [0.25, 0.3) is 0 Å². The summed E-state index contributed by atoms with van der Waals surface area (Å²) in [6.45, 7) is 0. The van der Waals surface area contributed by atoms with Crippen LogP contribution >= 0.6 is 0 Å². The maximum atomic E-state index is 4.71. The van der Waals surface area contributed by atoms with Crippen molar-refractivity contribution >= 4 is 0 Å². The predicted octanol–water partition coefficient (Wildman–Crippen LogP) is 1.31. The van der Waals surface area contributed by atoms with Crippen LogP contribution in [-0.4, -0.2) is 0 Å². The van der Waals surface area contributed by atoms with Gasteiger partial charge in [-0.1, -0.05) is 18.2 Å². The molecule has 0 amide bonds. The predicted molar refractivity (Wildman–Crippen MR) is 36.1 cm³/mol. The van der Waals surface area contributed by atoms with E-state index in [4.69, 9.17) is 5.84 Å². The van der Waals surface area contributed by atoms with Gasteiger partial charge in [0.1, 0.15) is 0 Å². The van der Waals surface area contributed by atoms with E-state index in [1.807, 2.05) is 18.2 Å². The van der Waals surface area contributed by atoms with Crippen molar-refractivity contribution in [1.29, 1.82) is 0 Å². The minimum absolute atomic E-state index is 0.622. The molecule has 2 N–H and O–H groups in total. The molecule has 0 atom stereocenters. The Hall–Kier alpha value is -1.58. The fourth-order valence-corrected chi connectivity index (χ4v) is 0.552. The molecule has 4 heteroatoms. The standard InChI is InChI=1S/C6H7N3O/c7-8-9-10-6-4-2-1-3-5-6/h1-5H,(H2,7,9). The Kier molecular flexibility index (Phi) is 2.25. The normalized spacial score (nSPS) is 10.0. The van der Waals surface area contributed by atoms with Crippen molar-refractivity contribution in [3.05, 3.63) is 30.3 Å². The lowest BCUT2D eigenvalue weighted by molar-refractivity contribution is 0.305. The Bertz CT molecular complexity index is 209. The van der Waals surface area contributed by atoms with Crippen LogP contribution in [0.5, 0.6) is 5.75 Å². The molecule has 0 aliphatic heterocycles. The quantitative estimate of drug-likeness (QED) is 0.379. The highest BCUT2D eigenvalue weighted by Crippen LogP contribution is 2.07. The summed E-state index contributed by atoms with van der Waals surface area (Å²) in [5, 5.41) is 6.08. The van der Waals surface area contributed by atoms with Crippen LogP contribution in [0.3, 0.4) is 0 Å². The van der Waals surface area contributed by atoms with E-state index in [1.165, 1.54) is 0 Å². The molecule has 0 unspecified atom stereocenters. The Labute approximate surface area is 58.3 Å². The summed E-state index contributed by atoms with van der Waals surface area (Å²) in [6, 6.07) is 9.07. The summed E-state index contributed by atoms with van der Waals surface area (Å²) in [7, 11) is 0. The second-order valence-electron chi connectivity index (χ2n) is 1.60. The Balaban J connectivity index is 2.59. The zero-order valence-electron chi connectivity index (χ0n) is 5.27. The van der Waals surface area contributed by atoms with Gasteiger partial charge in [-0.3, -0.25) is 0 Å². The van der Waals surface area contributed by atoms with E-state index >= 15 is 0 Å². The van der Waals surface area contributed by atoms with E-state index in [9.17, 15) is 0 Å². The highest BCUT2D eigenvalue weighted by atomic mass is 16.6. The molecule has 52 valence electrons. The van der Waals surface area contributed by atoms with E-state index in [0.29, 0.717) is 5.75 Å². The van der Waals surface area contributed by atoms with Crippen LogP contribution in [0.25, 0.3) is 0 Å². The maximum absolute atomic E-state index is 4.71. The van der Waals surface area contributed by atoms with Crippen molar-refractivity contribution in [3.8, 4) is 5.75 Å². The number of nitrogens with two attached hydrogens (primary N) is 1. The first-order valence-corrected chi connectivity index (χ1v) is 2.76. The van der Waals surface area contributed by atoms with Gasteiger partial charge in [-0.2, -0.15) is 0 Å². The van der Waals surface area contributed by atoms with E-state index in [1.54, 1.807) is 12.1 Å². The van der Waals surface area contributed by atoms with Crippen LogP contribution in [0.4, 0.5) is 0 Å². The van der Waals surface area contributed by atoms with Crippen LogP contribution < -0.4 is 10.7 Å². The third-order valence-corrected chi connectivity index (χ3v) is 0.937. The van der Waals surface area contributed by atoms with Gasteiger partial charge in [0.05, 0.1) is 5.28 Å². The fourth-order valence-electron chi connectivity index (χ4n) is 0.552. The van der Waals surface area contributed by atoms with Crippen molar-refractivity contribution in [2.75, 3.05) is 0 Å². The first-order valence-electron chi connectivity index (χ1n) is 2.76. The first kappa shape index (κ1) is 6.54. The Morgan fingerprint density at radius 3 is 2.50 bits per heavy atom. The molecule has 1 rings (SSSR count). The van der Waals surface area contributed by atoms with Gasteiger partial charge in [-0.05, 0) is 17.4 Å². The number of para-hydroxylation sites is 1. The van der Waals surface area contributed by atoms with Crippen molar-refractivity contribution in [2.24, 2.45) is 16.3 Å². The third-order valence-electron chi connectivity index (χ3n) is 0.937. The number of benzene rings is 1. The topological polar surface area (TPSA) is 60.0 Å². The van der Waals surface area contributed by atoms with Crippen molar-refractivity contribution < 1.29 is 4.84 Å². The van der Waals surface area contributed by atoms with Gasteiger partial charge in [-0.15, -0.1) is 0 Å². The lowest BCUT2D eigenvalue weighted by Crippen LogP contribution is -1.83. The van der Waals surface area contributed by atoms with Gasteiger partial charge in [-0.25, -0.2) is 0 Å². The average Bonchev–Trinajstić information content (AvgIpc) is 2.03. The fraction of sp³-hybridized carbons (Fsp3) is 0. The summed E-state index contributed by atoms with van der Waals surface area (Å²) in [6.07, 6.45) is 0. The van der Waals surface area contributed by atoms with Gasteiger partial charge in [0, 0.05) is 0 Å². The first-order chi connectivity index (χ1) is 4.93. The largest absolute Gasteiger partial charge is 0.338 e. The smallest absolute Gasteiger partial charge is 0.159 e. The maximum Gasteiger partial charge on any atom is 0.159 e. The van der Waals surface area contributed by atoms with Gasteiger partial charge < -0.3 is 10.7 Å². The molecule has 10 heavy (non-hydrogen) atoms. The SMILES string of the molecule is NN=NOc1ccccc1. The van der Waals surface area contributed by atoms with Crippen LogP contribution in [0.15, 0.2) is 40.8 Å². The molecule has 0 fully saturated rings. The molecule has 0 aliphatic rings. The van der Waals surface area contributed by atoms with Crippen LogP contribution in [-0.2, 0) is 0 Å². The molecule has 1 aromatic carbocycles. The van der Waals surface area contributed by atoms with Gasteiger partial charge >= 0.3 is 0 Å². The summed E-state index contributed by atoms with van der Waals surface area (Å²) in [5.74, 6) is 5.33. The van der Waals surface area contributed by atoms with E-state index < -0.39 is 0 Å². The molecule has 0 aromatic heterocycles. The summed E-state index contributed by atoms with van der Waals surface area (Å²) < 4.78 is 0. The minimum atomic E-state index is 0.622. The molecule has 0 spiro atoms. The molecular weight excluding hydrogens is 130 g/mol. The molecule has 0 saturated carbocycles. The second-order valence-corrected chi connectivity index (χ2v) is 1.60. The van der Waals surface area contributed by atoms with Crippen molar-refractivity contribution in [3.63, 3.8) is 0 Å². The van der Waals surface area contributed by atoms with Gasteiger partial charge in [0.15, 0.2) is 5.75 Å². The monoisotopic (exact) mass is 137 g/mol. The molecule has 1 aromatic rings. The zero-order chi connectivity index (χ0) is 7.23. The highest BCUT2D eigenvalue weighted by Gasteiger charge is 1.85. The van der Waals surface area contributed by atoms with E-state index in [0.717, 1.165) is 0 Å². The average molecular weight is 137 g/mol. The Morgan fingerprint density at radius 1 is 1.20 bits per heavy atom. The molecule has 4 nitrogen and oxygen atoms in total. The van der Waals surface area contributed by atoms with Crippen molar-refractivity contribution in [2.45, 2.75) is 0 Å². The summed E-state index contributed by atoms with van der Waals surface area (Å²) in [4.78, 5) is 4.69. The highest BCUT2D eigenvalue weighted by molar-refractivity contribution is 5.20. The summed E-state index contributed by atoms with van der Waals surface area (Å²) in [5.41, 5.74) is 0. The van der Waals surface area contributed by atoms with E-state index in [2.05, 4.69) is 15.3 Å². The lowest BCUT2D eigenvalue weighted by atomic mass is 10.3. The Morgan fingerprint density at radius 2 is 1.90 bits per heavy atom. The van der Waals surface area contributed by atoms with Gasteiger partial charge in [0.2, 0.25) is 0 Å². The molecule has 0 radical (unpaired) electrons. The van der Waals surface area contributed by atoms with Crippen LogP contribution in [0, 0.1) is 0 Å². The molecular formula is C6H7N3O. The number of hydrogen-bond donors (Lipinski definition) is 1. The molecule has 0 aliphatic carbocycles. The van der Waals surface area contributed by atoms with E-state index in [-0.39, 0.29) is 0 Å². The lowest BCUT2D eigenvalue weighted by Gasteiger charge is -1.92. The third kappa shape index (κ3) is 1.74. The molecule has 0 saturated heterocycles. The number of nitrogens with zero attached hydrogens (tertiary/aromatic N) is 2. The second kappa shape index (κ2) is 3.45. The summed E-state index contributed by atoms with van der Waals surface area (Å²) >= 11 is 0. The molecule has 0 heterocycles. The van der Waals surface area contributed by atoms with Crippen LogP contribution in [0.1, 0.15) is 0 Å².